The lowest BCUT2D eigenvalue weighted by atomic mass is 9.45. The number of hydrogen-bond donors (Lipinski definition) is 0. The third-order valence-corrected chi connectivity index (χ3v) is 10.3. The molecule has 0 saturated heterocycles. The van der Waals surface area contributed by atoms with Crippen molar-refractivity contribution in [3.8, 4) is 0 Å². The minimum absolute atomic E-state index is 0.298. The van der Waals surface area contributed by atoms with Crippen LogP contribution in [0.15, 0.2) is 12.2 Å². The summed E-state index contributed by atoms with van der Waals surface area (Å²) in [6.45, 7) is 7.73. The average Bonchev–Trinajstić information content (AvgIpc) is 3.02. The molecule has 4 aliphatic rings. The maximum absolute atomic E-state index is 12.1. The number of allylic oxidation sites excluding steroid dienone is 2. The minimum Gasteiger partial charge on any atom is -0.349 e. The average molecular weight is 386 g/mol. The van der Waals surface area contributed by atoms with Crippen LogP contribution in [0.2, 0.25) is 0 Å². The van der Waals surface area contributed by atoms with E-state index in [9.17, 15) is 4.79 Å². The van der Waals surface area contributed by atoms with E-state index < -0.39 is 0 Å². The zero-order valence-corrected chi connectivity index (χ0v) is 19.0. The molecule has 3 fully saturated rings. The van der Waals surface area contributed by atoms with Gasteiger partial charge in [-0.05, 0) is 104 Å². The Kier molecular flexibility index (Phi) is 5.47. The van der Waals surface area contributed by atoms with Gasteiger partial charge < -0.3 is 4.90 Å². The lowest BCUT2D eigenvalue weighted by Crippen LogP contribution is -2.52. The standard InChI is InChI=1S/C26H43NO/c1-18(9-14-24(28)27(4)5)21-12-13-22-20-11-10-19-8-6-7-16-25(19,2)23(20)15-17-26(21,22)3/h6-7,18-23H,8-17H2,1-5H3/t18-,19?,20+,21-,22+,23+,25+,26-/m1/s1. The van der Waals surface area contributed by atoms with Crippen molar-refractivity contribution in [1.82, 2.24) is 4.90 Å². The molecule has 4 aliphatic carbocycles. The van der Waals surface area contributed by atoms with Crippen molar-refractivity contribution in [2.75, 3.05) is 14.1 Å². The van der Waals surface area contributed by atoms with Crippen LogP contribution < -0.4 is 0 Å². The Morgan fingerprint density at radius 3 is 2.54 bits per heavy atom. The minimum atomic E-state index is 0.298. The van der Waals surface area contributed by atoms with Crippen LogP contribution in [0.25, 0.3) is 0 Å². The second-order valence-electron chi connectivity index (χ2n) is 11.6. The normalized spacial score (nSPS) is 45.7. The van der Waals surface area contributed by atoms with Gasteiger partial charge in [-0.2, -0.15) is 0 Å². The highest BCUT2D eigenvalue weighted by Gasteiger charge is 2.59. The van der Waals surface area contributed by atoms with E-state index in [1.54, 1.807) is 4.90 Å². The summed E-state index contributed by atoms with van der Waals surface area (Å²) in [5.74, 6) is 5.60. The van der Waals surface area contributed by atoms with E-state index in [1.807, 2.05) is 14.1 Å². The maximum atomic E-state index is 12.1. The second-order valence-corrected chi connectivity index (χ2v) is 11.6. The predicted octanol–water partition coefficient (Wildman–Crippen LogP) is 6.32. The smallest absolute Gasteiger partial charge is 0.222 e. The molecular weight excluding hydrogens is 342 g/mol. The van der Waals surface area contributed by atoms with Crippen molar-refractivity contribution < 1.29 is 4.79 Å². The van der Waals surface area contributed by atoms with Gasteiger partial charge in [-0.15, -0.1) is 0 Å². The Morgan fingerprint density at radius 1 is 1.04 bits per heavy atom. The summed E-state index contributed by atoms with van der Waals surface area (Å²) in [7, 11) is 3.77. The molecule has 1 amide bonds. The highest BCUT2D eigenvalue weighted by Crippen LogP contribution is 2.67. The topological polar surface area (TPSA) is 20.3 Å². The molecule has 8 atom stereocenters. The summed E-state index contributed by atoms with van der Waals surface area (Å²) < 4.78 is 0. The van der Waals surface area contributed by atoms with Gasteiger partial charge in [0.25, 0.3) is 0 Å². The number of nitrogens with zero attached hydrogens (tertiary/aromatic N) is 1. The van der Waals surface area contributed by atoms with Crippen molar-refractivity contribution in [3.63, 3.8) is 0 Å². The molecule has 2 heteroatoms. The SMILES string of the molecule is C[C@H](CCC(=O)N(C)C)[C@H]1CC[C@H]2[C@@H]3CCC4CC=CC[C@]4(C)[C@H]3CC[C@]12C. The predicted molar refractivity (Wildman–Crippen MR) is 117 cm³/mol. The van der Waals surface area contributed by atoms with Crippen LogP contribution >= 0.6 is 0 Å². The Balaban J connectivity index is 1.47. The number of carbonyl (C=O) groups is 1. The first-order valence-electron chi connectivity index (χ1n) is 12.1. The molecule has 0 aromatic carbocycles. The molecule has 2 nitrogen and oxygen atoms in total. The largest absolute Gasteiger partial charge is 0.349 e. The molecule has 4 rings (SSSR count). The van der Waals surface area contributed by atoms with Crippen LogP contribution in [-0.4, -0.2) is 24.9 Å². The highest BCUT2D eigenvalue weighted by molar-refractivity contribution is 5.75. The monoisotopic (exact) mass is 385 g/mol. The van der Waals surface area contributed by atoms with E-state index in [-0.39, 0.29) is 0 Å². The molecule has 0 heterocycles. The molecule has 3 saturated carbocycles. The molecule has 0 aromatic heterocycles. The van der Waals surface area contributed by atoms with Crippen LogP contribution in [0.5, 0.6) is 0 Å². The molecule has 0 spiro atoms. The van der Waals surface area contributed by atoms with Gasteiger partial charge in [0.15, 0.2) is 0 Å². The molecule has 0 radical (unpaired) electrons. The number of fused-ring (bicyclic) bond motifs is 5. The summed E-state index contributed by atoms with van der Waals surface area (Å²) in [4.78, 5) is 13.9. The second kappa shape index (κ2) is 7.47. The van der Waals surface area contributed by atoms with Gasteiger partial charge in [-0.1, -0.05) is 32.9 Å². The van der Waals surface area contributed by atoms with E-state index in [0.29, 0.717) is 22.7 Å². The molecular formula is C26H43NO. The first-order valence-corrected chi connectivity index (χ1v) is 12.1. The molecule has 0 aliphatic heterocycles. The van der Waals surface area contributed by atoms with E-state index in [0.717, 1.165) is 42.4 Å². The summed E-state index contributed by atoms with van der Waals surface area (Å²) in [6.07, 6.45) is 18.1. The zero-order chi connectivity index (χ0) is 20.1. The number of hydrogen-bond acceptors (Lipinski definition) is 1. The quantitative estimate of drug-likeness (QED) is 0.519. The molecule has 0 N–H and O–H groups in total. The molecule has 0 aromatic rings. The Bertz CT molecular complexity index is 624. The number of rotatable bonds is 4. The fourth-order valence-electron chi connectivity index (χ4n) is 8.59. The van der Waals surface area contributed by atoms with E-state index >= 15 is 0 Å². The van der Waals surface area contributed by atoms with Crippen LogP contribution in [0.3, 0.4) is 0 Å². The van der Waals surface area contributed by atoms with Crippen LogP contribution in [-0.2, 0) is 4.79 Å². The van der Waals surface area contributed by atoms with E-state index in [2.05, 4.69) is 32.9 Å². The van der Waals surface area contributed by atoms with E-state index in [4.69, 9.17) is 0 Å². The fourth-order valence-corrected chi connectivity index (χ4v) is 8.59. The van der Waals surface area contributed by atoms with Crippen LogP contribution in [0.4, 0.5) is 0 Å². The summed E-state index contributed by atoms with van der Waals surface area (Å²) in [6, 6.07) is 0. The lowest BCUT2D eigenvalue weighted by Gasteiger charge is -2.60. The third-order valence-electron chi connectivity index (χ3n) is 10.3. The number of amides is 1. The van der Waals surface area contributed by atoms with Gasteiger partial charge in [-0.3, -0.25) is 4.79 Å². The van der Waals surface area contributed by atoms with Gasteiger partial charge in [0, 0.05) is 20.5 Å². The van der Waals surface area contributed by atoms with Crippen molar-refractivity contribution in [2.45, 2.75) is 85.0 Å². The number of carbonyl (C=O) groups excluding carboxylic acids is 1. The Hall–Kier alpha value is -0.790. The molecule has 0 bridgehead atoms. The maximum Gasteiger partial charge on any atom is 0.222 e. The summed E-state index contributed by atoms with van der Waals surface area (Å²) in [5.41, 5.74) is 1.09. The van der Waals surface area contributed by atoms with Gasteiger partial charge in [0.05, 0.1) is 0 Å². The fraction of sp³-hybridized carbons (Fsp3) is 0.885. The van der Waals surface area contributed by atoms with Crippen molar-refractivity contribution >= 4 is 5.91 Å². The third kappa shape index (κ3) is 3.18. The highest BCUT2D eigenvalue weighted by atomic mass is 16.2. The first kappa shape index (κ1) is 20.5. The Labute approximate surface area is 173 Å². The van der Waals surface area contributed by atoms with Crippen molar-refractivity contribution in [1.29, 1.82) is 0 Å². The van der Waals surface area contributed by atoms with Crippen LogP contribution in [0, 0.1) is 46.3 Å². The molecule has 28 heavy (non-hydrogen) atoms. The molecule has 158 valence electrons. The Morgan fingerprint density at radius 2 is 1.79 bits per heavy atom. The van der Waals surface area contributed by atoms with Crippen molar-refractivity contribution in [2.24, 2.45) is 46.3 Å². The van der Waals surface area contributed by atoms with Crippen molar-refractivity contribution in [3.05, 3.63) is 12.2 Å². The first-order chi connectivity index (χ1) is 13.3. The van der Waals surface area contributed by atoms with Gasteiger partial charge >= 0.3 is 0 Å². The van der Waals surface area contributed by atoms with E-state index in [1.165, 1.54) is 51.4 Å². The van der Waals surface area contributed by atoms with Gasteiger partial charge in [0.1, 0.15) is 0 Å². The van der Waals surface area contributed by atoms with Gasteiger partial charge in [-0.25, -0.2) is 0 Å². The summed E-state index contributed by atoms with van der Waals surface area (Å²) >= 11 is 0. The zero-order valence-electron chi connectivity index (χ0n) is 19.0. The van der Waals surface area contributed by atoms with Crippen LogP contribution in [0.1, 0.15) is 85.0 Å². The summed E-state index contributed by atoms with van der Waals surface area (Å²) in [5, 5.41) is 0. The van der Waals surface area contributed by atoms with Gasteiger partial charge in [0.2, 0.25) is 5.91 Å². The molecule has 1 unspecified atom stereocenters. The lowest BCUT2D eigenvalue weighted by molar-refractivity contribution is -0.129.